The smallest absolute Gasteiger partial charge is 0.220 e. The van der Waals surface area contributed by atoms with Gasteiger partial charge in [-0.25, -0.2) is 0 Å². The molecule has 0 radical (unpaired) electrons. The zero-order valence-electron chi connectivity index (χ0n) is 12.3. The van der Waals surface area contributed by atoms with Crippen LogP contribution in [0.15, 0.2) is 0 Å². The Labute approximate surface area is 117 Å². The fourth-order valence-corrected chi connectivity index (χ4v) is 2.76. The van der Waals surface area contributed by atoms with Crippen LogP contribution >= 0.6 is 0 Å². The van der Waals surface area contributed by atoms with Crippen LogP contribution in [0.3, 0.4) is 0 Å². The molecular formula is C15H30N2O2. The Morgan fingerprint density at radius 3 is 2.74 bits per heavy atom. The van der Waals surface area contributed by atoms with Crippen molar-refractivity contribution in [3.05, 3.63) is 0 Å². The van der Waals surface area contributed by atoms with Crippen molar-refractivity contribution in [2.45, 2.75) is 70.8 Å². The van der Waals surface area contributed by atoms with Gasteiger partial charge < -0.3 is 16.2 Å². The molecule has 0 bridgehead atoms. The maximum atomic E-state index is 11.7. The molecule has 0 spiro atoms. The van der Waals surface area contributed by atoms with Crippen LogP contribution in [-0.2, 0) is 4.79 Å². The molecular weight excluding hydrogens is 240 g/mol. The lowest BCUT2D eigenvalue weighted by atomic mass is 9.73. The summed E-state index contributed by atoms with van der Waals surface area (Å²) >= 11 is 0. The van der Waals surface area contributed by atoms with Crippen molar-refractivity contribution in [3.63, 3.8) is 0 Å². The molecule has 19 heavy (non-hydrogen) atoms. The van der Waals surface area contributed by atoms with E-state index in [1.54, 1.807) is 0 Å². The highest BCUT2D eigenvalue weighted by Gasteiger charge is 2.35. The molecule has 0 aliphatic heterocycles. The quantitative estimate of drug-likeness (QED) is 0.590. The van der Waals surface area contributed by atoms with Gasteiger partial charge in [0.1, 0.15) is 0 Å². The van der Waals surface area contributed by atoms with Gasteiger partial charge in [0.2, 0.25) is 5.91 Å². The van der Waals surface area contributed by atoms with E-state index in [-0.39, 0.29) is 17.4 Å². The summed E-state index contributed by atoms with van der Waals surface area (Å²) in [6.07, 6.45) is 8.62. The zero-order valence-corrected chi connectivity index (χ0v) is 12.3. The van der Waals surface area contributed by atoms with E-state index in [9.17, 15) is 9.90 Å². The molecule has 1 aliphatic carbocycles. The molecule has 4 heteroatoms. The Kier molecular flexibility index (Phi) is 7.39. The van der Waals surface area contributed by atoms with Crippen LogP contribution in [0.4, 0.5) is 0 Å². The molecule has 4 nitrogen and oxygen atoms in total. The Morgan fingerprint density at radius 1 is 1.32 bits per heavy atom. The van der Waals surface area contributed by atoms with Gasteiger partial charge in [0.05, 0.1) is 6.10 Å². The van der Waals surface area contributed by atoms with Crippen LogP contribution in [0, 0.1) is 5.41 Å². The Hall–Kier alpha value is -0.610. The number of carbonyl (C=O) groups is 1. The highest BCUT2D eigenvalue weighted by atomic mass is 16.3. The predicted octanol–water partition coefficient (Wildman–Crippen LogP) is 1.95. The second kappa shape index (κ2) is 8.54. The van der Waals surface area contributed by atoms with E-state index in [4.69, 9.17) is 5.73 Å². The second-order valence-corrected chi connectivity index (χ2v) is 6.15. The van der Waals surface area contributed by atoms with Gasteiger partial charge in [0.15, 0.2) is 0 Å². The molecule has 1 fully saturated rings. The van der Waals surface area contributed by atoms with Crippen LogP contribution < -0.4 is 11.1 Å². The lowest BCUT2D eigenvalue weighted by Gasteiger charge is -2.38. The lowest BCUT2D eigenvalue weighted by Crippen LogP contribution is -2.45. The SMILES string of the molecule is CC1(CNC(=O)CCCCCCN)CCCCC1O. The standard InChI is InChI=1S/C15H30N2O2/c1-15(10-6-5-8-13(15)18)12-17-14(19)9-4-2-3-7-11-16/h13,18H,2-12,16H2,1H3,(H,17,19). The molecule has 2 atom stereocenters. The summed E-state index contributed by atoms with van der Waals surface area (Å²) in [5.41, 5.74) is 5.29. The van der Waals surface area contributed by atoms with E-state index in [1.807, 2.05) is 0 Å². The van der Waals surface area contributed by atoms with E-state index in [0.717, 1.165) is 57.9 Å². The van der Waals surface area contributed by atoms with Crippen molar-refractivity contribution in [1.82, 2.24) is 5.32 Å². The second-order valence-electron chi connectivity index (χ2n) is 6.15. The molecule has 1 saturated carbocycles. The summed E-state index contributed by atoms with van der Waals surface area (Å²) < 4.78 is 0. The number of rotatable bonds is 8. The first-order valence-corrected chi connectivity index (χ1v) is 7.73. The number of unbranched alkanes of at least 4 members (excludes halogenated alkanes) is 3. The van der Waals surface area contributed by atoms with Crippen LogP contribution in [0.2, 0.25) is 0 Å². The first-order chi connectivity index (χ1) is 9.08. The highest BCUT2D eigenvalue weighted by molar-refractivity contribution is 5.75. The molecule has 1 rings (SSSR count). The monoisotopic (exact) mass is 270 g/mol. The molecule has 0 saturated heterocycles. The number of aliphatic hydroxyl groups is 1. The molecule has 1 amide bonds. The first kappa shape index (κ1) is 16.4. The number of carbonyl (C=O) groups excluding carboxylic acids is 1. The molecule has 0 heterocycles. The van der Waals surface area contributed by atoms with E-state index in [1.165, 1.54) is 0 Å². The van der Waals surface area contributed by atoms with Crippen LogP contribution in [0.25, 0.3) is 0 Å². The largest absolute Gasteiger partial charge is 0.392 e. The van der Waals surface area contributed by atoms with Gasteiger partial charge in [0.25, 0.3) is 0 Å². The Balaban J connectivity index is 2.15. The van der Waals surface area contributed by atoms with E-state index < -0.39 is 0 Å². The van der Waals surface area contributed by atoms with Crippen LogP contribution in [-0.4, -0.2) is 30.2 Å². The number of nitrogens with two attached hydrogens (primary N) is 1. The number of hydrogen-bond acceptors (Lipinski definition) is 3. The van der Waals surface area contributed by atoms with Gasteiger partial charge >= 0.3 is 0 Å². The number of aliphatic hydroxyl groups excluding tert-OH is 1. The zero-order chi connectivity index (χ0) is 14.1. The average Bonchev–Trinajstić information content (AvgIpc) is 2.40. The third-order valence-electron chi connectivity index (χ3n) is 4.33. The molecule has 112 valence electrons. The minimum absolute atomic E-state index is 0.117. The van der Waals surface area contributed by atoms with Gasteiger partial charge in [0, 0.05) is 18.4 Å². The Bertz CT molecular complexity index is 271. The molecule has 0 aromatic carbocycles. The minimum atomic E-state index is -0.272. The minimum Gasteiger partial charge on any atom is -0.392 e. The Morgan fingerprint density at radius 2 is 2.05 bits per heavy atom. The number of nitrogens with one attached hydrogen (secondary N) is 1. The van der Waals surface area contributed by atoms with Gasteiger partial charge in [-0.3, -0.25) is 4.79 Å². The normalized spacial score (nSPS) is 27.2. The predicted molar refractivity (Wildman–Crippen MR) is 77.7 cm³/mol. The third kappa shape index (κ3) is 5.91. The molecule has 0 aromatic rings. The summed E-state index contributed by atoms with van der Waals surface area (Å²) in [5.74, 6) is 0.117. The topological polar surface area (TPSA) is 75.4 Å². The fraction of sp³-hybridized carbons (Fsp3) is 0.933. The summed E-state index contributed by atoms with van der Waals surface area (Å²) in [6.45, 7) is 3.43. The van der Waals surface area contributed by atoms with Crippen LogP contribution in [0.1, 0.15) is 64.7 Å². The summed E-state index contributed by atoms with van der Waals surface area (Å²) in [7, 11) is 0. The van der Waals surface area contributed by atoms with E-state index in [2.05, 4.69) is 12.2 Å². The third-order valence-corrected chi connectivity index (χ3v) is 4.33. The molecule has 2 unspecified atom stereocenters. The number of amides is 1. The van der Waals surface area contributed by atoms with Crippen LogP contribution in [0.5, 0.6) is 0 Å². The molecule has 0 aromatic heterocycles. The maximum Gasteiger partial charge on any atom is 0.220 e. The first-order valence-electron chi connectivity index (χ1n) is 7.73. The van der Waals surface area contributed by atoms with Crippen molar-refractivity contribution in [2.24, 2.45) is 11.1 Å². The summed E-state index contributed by atoms with van der Waals surface area (Å²) in [5, 5.41) is 13.0. The average molecular weight is 270 g/mol. The highest BCUT2D eigenvalue weighted by Crippen LogP contribution is 2.35. The number of hydrogen-bond donors (Lipinski definition) is 3. The van der Waals surface area contributed by atoms with Crippen molar-refractivity contribution in [1.29, 1.82) is 0 Å². The summed E-state index contributed by atoms with van der Waals surface area (Å²) in [6, 6.07) is 0. The summed E-state index contributed by atoms with van der Waals surface area (Å²) in [4.78, 5) is 11.7. The van der Waals surface area contributed by atoms with Gasteiger partial charge in [-0.1, -0.05) is 32.6 Å². The van der Waals surface area contributed by atoms with Crippen molar-refractivity contribution < 1.29 is 9.90 Å². The van der Waals surface area contributed by atoms with Gasteiger partial charge in [-0.2, -0.15) is 0 Å². The molecule has 4 N–H and O–H groups in total. The lowest BCUT2D eigenvalue weighted by molar-refractivity contribution is -0.122. The van der Waals surface area contributed by atoms with E-state index >= 15 is 0 Å². The fourth-order valence-electron chi connectivity index (χ4n) is 2.76. The van der Waals surface area contributed by atoms with Crippen molar-refractivity contribution in [2.75, 3.05) is 13.1 Å². The van der Waals surface area contributed by atoms with Crippen molar-refractivity contribution in [3.8, 4) is 0 Å². The van der Waals surface area contributed by atoms with Gasteiger partial charge in [-0.05, 0) is 32.2 Å². The van der Waals surface area contributed by atoms with Crippen molar-refractivity contribution >= 4 is 5.91 Å². The molecule has 1 aliphatic rings. The maximum absolute atomic E-state index is 11.7. The van der Waals surface area contributed by atoms with Gasteiger partial charge in [-0.15, -0.1) is 0 Å². The van der Waals surface area contributed by atoms with E-state index in [0.29, 0.717) is 13.0 Å².